The molecule has 0 atom stereocenters. The predicted octanol–water partition coefficient (Wildman–Crippen LogP) is 3.41. The molecule has 0 bridgehead atoms. The Morgan fingerprint density at radius 3 is 2.59 bits per heavy atom. The lowest BCUT2D eigenvalue weighted by molar-refractivity contribution is 0.718. The summed E-state index contributed by atoms with van der Waals surface area (Å²) >= 11 is 10.4. The van der Waals surface area contributed by atoms with E-state index in [0.717, 1.165) is 21.9 Å². The van der Waals surface area contributed by atoms with Gasteiger partial charge in [0.15, 0.2) is 5.11 Å². The number of benzene rings is 1. The van der Waals surface area contributed by atoms with Crippen LogP contribution in [0.25, 0.3) is 0 Å². The van der Waals surface area contributed by atoms with Gasteiger partial charge < -0.3 is 10.6 Å². The number of rotatable bonds is 5. The van der Waals surface area contributed by atoms with Gasteiger partial charge in [-0.3, -0.25) is 0 Å². The van der Waals surface area contributed by atoms with Crippen LogP contribution in [-0.2, 0) is 0 Å². The Balaban J connectivity index is 2.16. The van der Waals surface area contributed by atoms with Gasteiger partial charge in [0.2, 0.25) is 0 Å². The molecular weight excluding hydrogens is 316 g/mol. The fraction of sp³-hybridized carbons (Fsp3) is 0.417. The summed E-state index contributed by atoms with van der Waals surface area (Å²) in [6.45, 7) is 5.02. The van der Waals surface area contributed by atoms with Crippen LogP contribution in [-0.4, -0.2) is 23.5 Å². The van der Waals surface area contributed by atoms with Crippen LogP contribution in [0.5, 0.6) is 0 Å². The smallest absolute Gasteiger partial charge is 0.166 e. The van der Waals surface area contributed by atoms with Crippen molar-refractivity contribution >= 4 is 45.0 Å². The minimum Gasteiger partial charge on any atom is -0.362 e. The number of hydrogen-bond donors (Lipinski definition) is 2. The van der Waals surface area contributed by atoms with E-state index < -0.39 is 0 Å². The standard InChI is InChI=1S/C12H17BrN2S2/c1-9(2)15-12(16)14-7-8-17-11-5-3-10(13)4-6-11/h3-6,9H,7-8H2,1-2H3,(H2,14,15,16). The SMILES string of the molecule is CC(C)NC(=S)NCCSc1ccc(Br)cc1. The molecule has 0 saturated carbocycles. The first-order valence-electron chi connectivity index (χ1n) is 5.50. The van der Waals surface area contributed by atoms with Crippen molar-refractivity contribution in [3.63, 3.8) is 0 Å². The fourth-order valence-corrected chi connectivity index (χ4v) is 2.55. The number of thioether (sulfide) groups is 1. The number of thiocarbonyl (C=S) groups is 1. The second kappa shape index (κ2) is 7.95. The van der Waals surface area contributed by atoms with Crippen molar-refractivity contribution in [1.29, 1.82) is 0 Å². The van der Waals surface area contributed by atoms with E-state index in [1.165, 1.54) is 4.90 Å². The van der Waals surface area contributed by atoms with Crippen molar-refractivity contribution in [1.82, 2.24) is 10.6 Å². The van der Waals surface area contributed by atoms with Crippen molar-refractivity contribution in [3.05, 3.63) is 28.7 Å². The molecule has 94 valence electrons. The quantitative estimate of drug-likeness (QED) is 0.490. The van der Waals surface area contributed by atoms with E-state index in [9.17, 15) is 0 Å². The molecule has 0 radical (unpaired) electrons. The summed E-state index contributed by atoms with van der Waals surface area (Å²) in [5.41, 5.74) is 0. The zero-order valence-corrected chi connectivity index (χ0v) is 13.2. The summed E-state index contributed by atoms with van der Waals surface area (Å²) in [6, 6.07) is 8.72. The second-order valence-corrected chi connectivity index (χ2v) is 6.35. The normalized spacial score (nSPS) is 10.4. The van der Waals surface area contributed by atoms with Gasteiger partial charge in [-0.05, 0) is 50.3 Å². The van der Waals surface area contributed by atoms with Crippen molar-refractivity contribution in [2.45, 2.75) is 24.8 Å². The van der Waals surface area contributed by atoms with Gasteiger partial charge in [0.05, 0.1) is 0 Å². The third kappa shape index (κ3) is 6.91. The molecule has 1 aromatic carbocycles. The number of nitrogens with one attached hydrogen (secondary N) is 2. The molecule has 0 fully saturated rings. The van der Waals surface area contributed by atoms with E-state index in [1.807, 2.05) is 11.8 Å². The molecule has 0 heterocycles. The van der Waals surface area contributed by atoms with E-state index in [2.05, 4.69) is 64.7 Å². The average molecular weight is 333 g/mol. The van der Waals surface area contributed by atoms with E-state index in [4.69, 9.17) is 12.2 Å². The van der Waals surface area contributed by atoms with Crippen LogP contribution in [0.3, 0.4) is 0 Å². The maximum Gasteiger partial charge on any atom is 0.166 e. The van der Waals surface area contributed by atoms with E-state index in [1.54, 1.807) is 0 Å². The van der Waals surface area contributed by atoms with Gasteiger partial charge in [-0.25, -0.2) is 0 Å². The Kier molecular flexibility index (Phi) is 6.92. The van der Waals surface area contributed by atoms with Gasteiger partial charge in [-0.15, -0.1) is 11.8 Å². The Morgan fingerprint density at radius 1 is 1.35 bits per heavy atom. The van der Waals surface area contributed by atoms with Gasteiger partial charge in [-0.1, -0.05) is 15.9 Å². The fourth-order valence-electron chi connectivity index (χ4n) is 1.18. The molecule has 2 nitrogen and oxygen atoms in total. The van der Waals surface area contributed by atoms with Crippen LogP contribution >= 0.6 is 39.9 Å². The lowest BCUT2D eigenvalue weighted by Crippen LogP contribution is -2.40. The molecule has 1 rings (SSSR count). The van der Waals surface area contributed by atoms with Crippen LogP contribution in [0.15, 0.2) is 33.6 Å². The van der Waals surface area contributed by atoms with E-state index >= 15 is 0 Å². The predicted molar refractivity (Wildman–Crippen MR) is 83.7 cm³/mol. The first-order valence-corrected chi connectivity index (χ1v) is 7.69. The molecule has 1 aromatic rings. The first-order chi connectivity index (χ1) is 8.08. The highest BCUT2D eigenvalue weighted by molar-refractivity contribution is 9.10. The number of halogens is 1. The maximum atomic E-state index is 5.14. The monoisotopic (exact) mass is 332 g/mol. The molecule has 0 spiro atoms. The highest BCUT2D eigenvalue weighted by atomic mass is 79.9. The lowest BCUT2D eigenvalue weighted by atomic mass is 10.4. The Morgan fingerprint density at radius 2 is 2.00 bits per heavy atom. The Bertz CT molecular complexity index is 352. The molecule has 5 heteroatoms. The molecule has 2 N–H and O–H groups in total. The first kappa shape index (κ1) is 14.8. The van der Waals surface area contributed by atoms with Gasteiger partial charge in [0.25, 0.3) is 0 Å². The minimum absolute atomic E-state index is 0.383. The Hall–Kier alpha value is -0.260. The number of hydrogen-bond acceptors (Lipinski definition) is 2. The summed E-state index contributed by atoms with van der Waals surface area (Å²) in [5.74, 6) is 1.00. The molecule has 17 heavy (non-hydrogen) atoms. The molecule has 0 aliphatic carbocycles. The summed E-state index contributed by atoms with van der Waals surface area (Å²) in [4.78, 5) is 1.28. The summed E-state index contributed by atoms with van der Waals surface area (Å²) in [7, 11) is 0. The van der Waals surface area contributed by atoms with Gasteiger partial charge in [0.1, 0.15) is 0 Å². The third-order valence-electron chi connectivity index (χ3n) is 1.89. The van der Waals surface area contributed by atoms with Crippen molar-refractivity contribution in [3.8, 4) is 0 Å². The van der Waals surface area contributed by atoms with Gasteiger partial charge in [0, 0.05) is 27.7 Å². The average Bonchev–Trinajstić information content (AvgIpc) is 2.26. The maximum absolute atomic E-state index is 5.14. The summed E-state index contributed by atoms with van der Waals surface area (Å²) < 4.78 is 1.11. The summed E-state index contributed by atoms with van der Waals surface area (Å²) in [5, 5.41) is 7.07. The second-order valence-electron chi connectivity index (χ2n) is 3.86. The zero-order chi connectivity index (χ0) is 12.7. The van der Waals surface area contributed by atoms with Crippen molar-refractivity contribution in [2.75, 3.05) is 12.3 Å². The van der Waals surface area contributed by atoms with E-state index in [-0.39, 0.29) is 0 Å². The van der Waals surface area contributed by atoms with Crippen LogP contribution < -0.4 is 10.6 Å². The van der Waals surface area contributed by atoms with Crippen LogP contribution in [0, 0.1) is 0 Å². The van der Waals surface area contributed by atoms with Crippen LogP contribution in [0.4, 0.5) is 0 Å². The molecule has 0 unspecified atom stereocenters. The highest BCUT2D eigenvalue weighted by Crippen LogP contribution is 2.19. The minimum atomic E-state index is 0.383. The molecule has 0 aliphatic rings. The lowest BCUT2D eigenvalue weighted by Gasteiger charge is -2.12. The molecule has 0 aromatic heterocycles. The summed E-state index contributed by atoms with van der Waals surface area (Å²) in [6.07, 6.45) is 0. The van der Waals surface area contributed by atoms with Crippen molar-refractivity contribution < 1.29 is 0 Å². The van der Waals surface area contributed by atoms with Crippen molar-refractivity contribution in [2.24, 2.45) is 0 Å². The third-order valence-corrected chi connectivity index (χ3v) is 3.69. The van der Waals surface area contributed by atoms with Crippen LogP contribution in [0.1, 0.15) is 13.8 Å². The van der Waals surface area contributed by atoms with Gasteiger partial charge >= 0.3 is 0 Å². The topological polar surface area (TPSA) is 24.1 Å². The molecular formula is C12H17BrN2S2. The van der Waals surface area contributed by atoms with E-state index in [0.29, 0.717) is 6.04 Å². The molecule has 0 amide bonds. The highest BCUT2D eigenvalue weighted by Gasteiger charge is 1.98. The van der Waals surface area contributed by atoms with Gasteiger partial charge in [-0.2, -0.15) is 0 Å². The molecule has 0 aliphatic heterocycles. The Labute approximate surface area is 121 Å². The molecule has 0 saturated heterocycles. The van der Waals surface area contributed by atoms with Crippen LogP contribution in [0.2, 0.25) is 0 Å². The zero-order valence-electron chi connectivity index (χ0n) is 10.00. The largest absolute Gasteiger partial charge is 0.362 e.